The third kappa shape index (κ3) is 7.03. The average Bonchev–Trinajstić information content (AvgIpc) is 2.88. The number of morpholine rings is 1. The van der Waals surface area contributed by atoms with E-state index in [-0.39, 0.29) is 5.97 Å². The number of esters is 1. The minimum Gasteiger partial charge on any atom is -0.489 e. The minimum absolute atomic E-state index is 0.112. The van der Waals surface area contributed by atoms with Crippen molar-refractivity contribution in [3.05, 3.63) is 65.7 Å². The molecule has 0 bridgehead atoms. The van der Waals surface area contributed by atoms with Crippen LogP contribution >= 0.6 is 0 Å². The van der Waals surface area contributed by atoms with Crippen LogP contribution in [0, 0.1) is 5.92 Å². The van der Waals surface area contributed by atoms with Crippen LogP contribution in [0.2, 0.25) is 0 Å². The van der Waals surface area contributed by atoms with Crippen molar-refractivity contribution in [2.75, 3.05) is 46.5 Å². The molecule has 0 spiro atoms. The molecule has 0 aromatic heterocycles. The van der Waals surface area contributed by atoms with Crippen molar-refractivity contribution in [1.29, 1.82) is 0 Å². The zero-order valence-corrected chi connectivity index (χ0v) is 19.7. The van der Waals surface area contributed by atoms with Crippen molar-refractivity contribution in [1.82, 2.24) is 9.80 Å². The summed E-state index contributed by atoms with van der Waals surface area (Å²) >= 11 is 0. The Bertz CT molecular complexity index is 852. The summed E-state index contributed by atoms with van der Waals surface area (Å²) in [4.78, 5) is 16.9. The van der Waals surface area contributed by atoms with Gasteiger partial charge < -0.3 is 14.2 Å². The summed E-state index contributed by atoms with van der Waals surface area (Å²) in [5.41, 5.74) is 2.46. The number of benzene rings is 2. The Labute approximate surface area is 197 Å². The molecule has 0 saturated carbocycles. The van der Waals surface area contributed by atoms with Crippen LogP contribution in [-0.2, 0) is 27.4 Å². The van der Waals surface area contributed by atoms with E-state index in [9.17, 15) is 4.79 Å². The highest BCUT2D eigenvalue weighted by atomic mass is 16.5. The van der Waals surface area contributed by atoms with Crippen LogP contribution in [-0.4, -0.2) is 68.3 Å². The second-order valence-corrected chi connectivity index (χ2v) is 9.03. The maximum atomic E-state index is 11.8. The Morgan fingerprint density at radius 1 is 1.00 bits per heavy atom. The number of carbonyl (C=O) groups is 1. The van der Waals surface area contributed by atoms with E-state index >= 15 is 0 Å². The van der Waals surface area contributed by atoms with Crippen LogP contribution in [0.25, 0.3) is 0 Å². The number of likely N-dealkylation sites (tertiary alicyclic amines) is 1. The van der Waals surface area contributed by atoms with E-state index in [4.69, 9.17) is 14.2 Å². The predicted molar refractivity (Wildman–Crippen MR) is 128 cm³/mol. The molecule has 0 N–H and O–H groups in total. The molecule has 4 rings (SSSR count). The predicted octanol–water partition coefficient (Wildman–Crippen LogP) is 3.74. The van der Waals surface area contributed by atoms with E-state index in [1.165, 1.54) is 18.2 Å². The molecule has 33 heavy (non-hydrogen) atoms. The highest BCUT2D eigenvalue weighted by Gasteiger charge is 2.34. The third-order valence-corrected chi connectivity index (χ3v) is 6.82. The summed E-state index contributed by atoms with van der Waals surface area (Å²) in [6.45, 7) is 7.17. The summed E-state index contributed by atoms with van der Waals surface area (Å²) in [5.74, 6) is 1.24. The van der Waals surface area contributed by atoms with Crippen LogP contribution in [0.5, 0.6) is 5.75 Å². The Hall–Kier alpha value is -2.41. The second kappa shape index (κ2) is 12.2. The number of hydrogen-bond acceptors (Lipinski definition) is 6. The number of ether oxygens (including phenoxy) is 3. The van der Waals surface area contributed by atoms with Gasteiger partial charge in [0.2, 0.25) is 0 Å². The van der Waals surface area contributed by atoms with Gasteiger partial charge in [0.15, 0.2) is 0 Å². The van der Waals surface area contributed by atoms with Gasteiger partial charge in [-0.15, -0.1) is 0 Å². The van der Waals surface area contributed by atoms with Crippen molar-refractivity contribution in [3.8, 4) is 5.75 Å². The van der Waals surface area contributed by atoms with Crippen molar-refractivity contribution in [3.63, 3.8) is 0 Å². The molecule has 2 aromatic carbocycles. The largest absolute Gasteiger partial charge is 0.489 e. The van der Waals surface area contributed by atoms with Gasteiger partial charge in [0.1, 0.15) is 12.4 Å². The lowest BCUT2D eigenvalue weighted by molar-refractivity contribution is -0.141. The van der Waals surface area contributed by atoms with E-state index in [2.05, 4.69) is 46.2 Å². The van der Waals surface area contributed by atoms with Crippen LogP contribution < -0.4 is 4.74 Å². The fraction of sp³-hybridized carbons (Fsp3) is 0.519. The highest BCUT2D eigenvalue weighted by molar-refractivity contribution is 5.69. The summed E-state index contributed by atoms with van der Waals surface area (Å²) < 4.78 is 16.4. The average molecular weight is 453 g/mol. The Kier molecular flexibility index (Phi) is 8.75. The summed E-state index contributed by atoms with van der Waals surface area (Å²) in [6, 6.07) is 19.2. The molecule has 2 aliphatic heterocycles. The van der Waals surface area contributed by atoms with Crippen LogP contribution in [0.3, 0.4) is 0 Å². The second-order valence-electron chi connectivity index (χ2n) is 9.03. The van der Waals surface area contributed by atoms with Gasteiger partial charge in [0, 0.05) is 38.6 Å². The third-order valence-electron chi connectivity index (χ3n) is 6.82. The van der Waals surface area contributed by atoms with E-state index < -0.39 is 0 Å². The molecule has 0 radical (unpaired) electrons. The summed E-state index contributed by atoms with van der Waals surface area (Å²) in [6.07, 6.45) is 2.49. The Morgan fingerprint density at radius 2 is 1.76 bits per heavy atom. The zero-order valence-electron chi connectivity index (χ0n) is 19.7. The first-order valence-corrected chi connectivity index (χ1v) is 12.1. The maximum absolute atomic E-state index is 11.8. The lowest BCUT2D eigenvalue weighted by Gasteiger charge is -2.45. The fourth-order valence-corrected chi connectivity index (χ4v) is 5.01. The maximum Gasteiger partial charge on any atom is 0.305 e. The summed E-state index contributed by atoms with van der Waals surface area (Å²) in [5, 5.41) is 0. The standard InChI is InChI=1S/C27H36N2O4/c1-31-27(30)12-9-24-20-28(14-13-26(24)29-15-17-32-18-16-29)19-22-7-10-25(11-8-22)33-21-23-5-3-2-4-6-23/h2-8,10-11,24,26H,9,12-21H2,1H3/t24-,26+/m0/s1. The molecule has 6 heteroatoms. The SMILES string of the molecule is COC(=O)CC[C@H]1CN(Cc2ccc(OCc3ccccc3)cc2)CC[C@H]1N1CCOCC1. The molecule has 2 saturated heterocycles. The first kappa shape index (κ1) is 23.7. The molecule has 2 aliphatic rings. The number of hydrogen-bond donors (Lipinski definition) is 0. The Balaban J connectivity index is 1.32. The molecule has 0 aliphatic carbocycles. The molecule has 6 nitrogen and oxygen atoms in total. The molecule has 2 fully saturated rings. The summed E-state index contributed by atoms with van der Waals surface area (Å²) in [7, 11) is 1.47. The molecule has 2 aromatic rings. The lowest BCUT2D eigenvalue weighted by Crippen LogP contribution is -2.53. The smallest absolute Gasteiger partial charge is 0.305 e. The van der Waals surface area contributed by atoms with Crippen molar-refractivity contribution in [2.24, 2.45) is 5.92 Å². The van der Waals surface area contributed by atoms with E-state index in [1.54, 1.807) is 0 Å². The van der Waals surface area contributed by atoms with E-state index in [1.807, 2.05) is 18.2 Å². The van der Waals surface area contributed by atoms with Gasteiger partial charge in [-0.1, -0.05) is 42.5 Å². The molecule has 2 atom stereocenters. The lowest BCUT2D eigenvalue weighted by atomic mass is 9.86. The van der Waals surface area contributed by atoms with Gasteiger partial charge in [0.05, 0.1) is 20.3 Å². The molecule has 0 amide bonds. The van der Waals surface area contributed by atoms with Gasteiger partial charge >= 0.3 is 5.97 Å². The van der Waals surface area contributed by atoms with Crippen molar-refractivity contribution in [2.45, 2.75) is 38.5 Å². The van der Waals surface area contributed by atoms with Crippen LogP contribution in [0.1, 0.15) is 30.4 Å². The van der Waals surface area contributed by atoms with E-state index in [0.717, 1.165) is 64.5 Å². The molecular formula is C27H36N2O4. The molecule has 2 heterocycles. The van der Waals surface area contributed by atoms with Gasteiger partial charge in [0.25, 0.3) is 0 Å². The number of methoxy groups -OCH3 is 1. The number of nitrogens with zero attached hydrogens (tertiary/aromatic N) is 2. The first-order valence-electron chi connectivity index (χ1n) is 12.1. The van der Waals surface area contributed by atoms with Crippen molar-refractivity contribution < 1.29 is 19.0 Å². The van der Waals surface area contributed by atoms with Crippen LogP contribution in [0.15, 0.2) is 54.6 Å². The molecule has 0 unspecified atom stereocenters. The highest BCUT2D eigenvalue weighted by Crippen LogP contribution is 2.28. The van der Waals surface area contributed by atoms with Gasteiger partial charge in [-0.3, -0.25) is 14.6 Å². The van der Waals surface area contributed by atoms with Crippen LogP contribution in [0.4, 0.5) is 0 Å². The number of piperidine rings is 1. The minimum atomic E-state index is -0.112. The van der Waals surface area contributed by atoms with Gasteiger partial charge in [-0.25, -0.2) is 0 Å². The van der Waals surface area contributed by atoms with Gasteiger partial charge in [-0.05, 0) is 48.6 Å². The number of carbonyl (C=O) groups excluding carboxylic acids is 1. The van der Waals surface area contributed by atoms with E-state index in [0.29, 0.717) is 25.0 Å². The normalized spacial score (nSPS) is 22.1. The zero-order chi connectivity index (χ0) is 22.9. The number of rotatable bonds is 9. The molecular weight excluding hydrogens is 416 g/mol. The monoisotopic (exact) mass is 452 g/mol. The first-order chi connectivity index (χ1) is 16.2. The molecule has 178 valence electrons. The Morgan fingerprint density at radius 3 is 2.48 bits per heavy atom. The topological polar surface area (TPSA) is 51.2 Å². The quantitative estimate of drug-likeness (QED) is 0.541. The fourth-order valence-electron chi connectivity index (χ4n) is 5.01. The van der Waals surface area contributed by atoms with Crippen molar-refractivity contribution >= 4 is 5.97 Å². The van der Waals surface area contributed by atoms with Gasteiger partial charge in [-0.2, -0.15) is 0 Å².